The van der Waals surface area contributed by atoms with Crippen LogP contribution in [0.3, 0.4) is 0 Å². The molecular weight excluding hydrogens is 442 g/mol. The molecule has 0 bridgehead atoms. The van der Waals surface area contributed by atoms with E-state index in [0.717, 1.165) is 16.7 Å². The lowest BCUT2D eigenvalue weighted by atomic mass is 10.1. The first-order chi connectivity index (χ1) is 15.8. The Kier molecular flexibility index (Phi) is 7.73. The number of carboxylic acids is 1. The van der Waals surface area contributed by atoms with Crippen molar-refractivity contribution in [2.75, 3.05) is 0 Å². The second kappa shape index (κ2) is 10.9. The van der Waals surface area contributed by atoms with E-state index in [0.29, 0.717) is 16.3 Å². The maximum Gasteiger partial charge on any atom is 0.335 e. The van der Waals surface area contributed by atoms with E-state index < -0.39 is 11.9 Å². The Labute approximate surface area is 195 Å². The van der Waals surface area contributed by atoms with Gasteiger partial charge in [0.1, 0.15) is 11.3 Å². The van der Waals surface area contributed by atoms with Crippen molar-refractivity contribution in [1.29, 1.82) is 0 Å². The van der Waals surface area contributed by atoms with Crippen LogP contribution in [0.25, 0.3) is 11.1 Å². The van der Waals surface area contributed by atoms with Gasteiger partial charge in [-0.1, -0.05) is 41.4 Å². The molecule has 0 saturated carbocycles. The fourth-order valence-corrected chi connectivity index (χ4v) is 2.93. The van der Waals surface area contributed by atoms with E-state index in [4.69, 9.17) is 27.2 Å². The summed E-state index contributed by atoms with van der Waals surface area (Å²) >= 11 is 5.84. The van der Waals surface area contributed by atoms with E-state index in [1.54, 1.807) is 42.7 Å². The molecule has 0 fully saturated rings. The fourth-order valence-electron chi connectivity index (χ4n) is 2.78. The molecule has 4 aromatic rings. The van der Waals surface area contributed by atoms with Gasteiger partial charge in [-0.3, -0.25) is 9.78 Å². The van der Waals surface area contributed by atoms with Crippen LogP contribution in [0.1, 0.15) is 26.3 Å². The van der Waals surface area contributed by atoms with Gasteiger partial charge in [0, 0.05) is 18.6 Å². The summed E-state index contributed by atoms with van der Waals surface area (Å²) in [5.41, 5.74) is 8.84. The highest BCUT2D eigenvalue weighted by Crippen LogP contribution is 2.28. The zero-order valence-electron chi connectivity index (χ0n) is 17.6. The monoisotopic (exact) mass is 461 g/mol. The molecule has 0 radical (unpaired) electrons. The quantitative estimate of drug-likeness (QED) is 0.412. The molecule has 0 spiro atoms. The van der Waals surface area contributed by atoms with Crippen molar-refractivity contribution >= 4 is 23.5 Å². The lowest BCUT2D eigenvalue weighted by molar-refractivity contribution is 0.0696. The predicted molar refractivity (Wildman–Crippen MR) is 126 cm³/mol. The van der Waals surface area contributed by atoms with Gasteiger partial charge in [-0.25, -0.2) is 9.78 Å². The number of hydrogen-bond acceptors (Lipinski definition) is 5. The molecule has 0 saturated heterocycles. The number of aromatic nitrogens is 2. The molecule has 2 aromatic heterocycles. The molecule has 0 aliphatic heterocycles. The number of benzene rings is 2. The smallest absolute Gasteiger partial charge is 0.335 e. The predicted octanol–water partition coefficient (Wildman–Crippen LogP) is 5.38. The average molecular weight is 462 g/mol. The van der Waals surface area contributed by atoms with Crippen LogP contribution in [0.5, 0.6) is 11.6 Å². The third-order valence-electron chi connectivity index (χ3n) is 4.44. The van der Waals surface area contributed by atoms with Crippen LogP contribution in [0.4, 0.5) is 0 Å². The van der Waals surface area contributed by atoms with E-state index in [9.17, 15) is 9.59 Å². The first-order valence-corrected chi connectivity index (χ1v) is 10.1. The lowest BCUT2D eigenvalue weighted by Crippen LogP contribution is -2.13. The van der Waals surface area contributed by atoms with Crippen molar-refractivity contribution in [3.05, 3.63) is 107 Å². The molecular formula is C25H20ClN3O4. The van der Waals surface area contributed by atoms with Crippen LogP contribution in [0.15, 0.2) is 85.3 Å². The van der Waals surface area contributed by atoms with Crippen molar-refractivity contribution in [2.24, 2.45) is 5.73 Å². The van der Waals surface area contributed by atoms with Gasteiger partial charge in [-0.05, 0) is 60.5 Å². The van der Waals surface area contributed by atoms with Gasteiger partial charge in [0.15, 0.2) is 0 Å². The summed E-state index contributed by atoms with van der Waals surface area (Å²) in [6.07, 6.45) is 4.83. The van der Waals surface area contributed by atoms with Gasteiger partial charge in [-0.2, -0.15) is 0 Å². The number of amides is 1. The van der Waals surface area contributed by atoms with Crippen LogP contribution in [-0.4, -0.2) is 27.0 Å². The highest BCUT2D eigenvalue weighted by atomic mass is 35.5. The topological polar surface area (TPSA) is 115 Å². The highest BCUT2D eigenvalue weighted by Gasteiger charge is 2.13. The molecule has 8 heteroatoms. The van der Waals surface area contributed by atoms with Gasteiger partial charge in [-0.15, -0.1) is 0 Å². The standard InChI is InChI=1S/C17H12ClN3O2.C8H8O2/c18-13-9-15(16(19)22)17(21-10-13)23-14-3-1-2-12(8-14)11-4-6-20-7-5-11;1-6-2-4-7(5-3-6)8(9)10/h1-10H,(H2,19,22);2-5H,1H3,(H,9,10). The van der Waals surface area contributed by atoms with Crippen molar-refractivity contribution in [2.45, 2.75) is 6.92 Å². The maximum atomic E-state index is 11.5. The number of primary amides is 1. The second-order valence-electron chi connectivity index (χ2n) is 6.91. The van der Waals surface area contributed by atoms with Crippen LogP contribution in [0.2, 0.25) is 5.02 Å². The lowest BCUT2D eigenvalue weighted by Gasteiger charge is -2.09. The Hall–Kier alpha value is -4.23. The number of rotatable bonds is 5. The fraction of sp³-hybridized carbons (Fsp3) is 0.0400. The summed E-state index contributed by atoms with van der Waals surface area (Å²) in [5, 5.41) is 8.79. The van der Waals surface area contributed by atoms with Crippen LogP contribution < -0.4 is 10.5 Å². The van der Waals surface area contributed by atoms with E-state index in [-0.39, 0.29) is 11.4 Å². The number of halogens is 1. The van der Waals surface area contributed by atoms with Gasteiger partial charge in [0.2, 0.25) is 5.88 Å². The minimum absolute atomic E-state index is 0.119. The Balaban J connectivity index is 0.000000257. The van der Waals surface area contributed by atoms with E-state index in [1.807, 2.05) is 37.3 Å². The van der Waals surface area contributed by atoms with Crippen molar-refractivity contribution in [1.82, 2.24) is 9.97 Å². The molecule has 0 atom stereocenters. The molecule has 2 aromatic carbocycles. The number of carbonyl (C=O) groups is 2. The Bertz CT molecular complexity index is 1260. The second-order valence-corrected chi connectivity index (χ2v) is 7.34. The molecule has 7 nitrogen and oxygen atoms in total. The molecule has 1 amide bonds. The zero-order chi connectivity index (χ0) is 23.8. The van der Waals surface area contributed by atoms with Gasteiger partial charge < -0.3 is 15.6 Å². The van der Waals surface area contributed by atoms with Gasteiger partial charge in [0.25, 0.3) is 5.91 Å². The Morgan fingerprint density at radius 3 is 2.30 bits per heavy atom. The van der Waals surface area contributed by atoms with Crippen molar-refractivity contribution in [3.8, 4) is 22.8 Å². The van der Waals surface area contributed by atoms with Crippen LogP contribution >= 0.6 is 11.6 Å². The number of hydrogen-bond donors (Lipinski definition) is 2. The van der Waals surface area contributed by atoms with Crippen LogP contribution in [-0.2, 0) is 0 Å². The number of aryl methyl sites for hydroxylation is 1. The molecule has 3 N–H and O–H groups in total. The first-order valence-electron chi connectivity index (χ1n) is 9.77. The van der Waals surface area contributed by atoms with Crippen molar-refractivity contribution in [3.63, 3.8) is 0 Å². The number of ether oxygens (including phenoxy) is 1. The Morgan fingerprint density at radius 2 is 1.67 bits per heavy atom. The maximum absolute atomic E-state index is 11.5. The Morgan fingerprint density at radius 1 is 0.970 bits per heavy atom. The normalized spacial score (nSPS) is 10.0. The van der Waals surface area contributed by atoms with Crippen LogP contribution in [0, 0.1) is 6.92 Å². The summed E-state index contributed by atoms with van der Waals surface area (Å²) in [6.45, 7) is 1.92. The SMILES string of the molecule is Cc1ccc(C(=O)O)cc1.NC(=O)c1cc(Cl)cnc1Oc1cccc(-c2ccncc2)c1. The molecule has 0 aliphatic carbocycles. The molecule has 0 aliphatic rings. The van der Waals surface area contributed by atoms with E-state index in [1.165, 1.54) is 12.3 Å². The molecule has 33 heavy (non-hydrogen) atoms. The summed E-state index contributed by atoms with van der Waals surface area (Å²) in [4.78, 5) is 29.8. The minimum atomic E-state index is -0.875. The number of carbonyl (C=O) groups excluding carboxylic acids is 1. The summed E-state index contributed by atoms with van der Waals surface area (Å²) in [5.74, 6) is -0.870. The number of pyridine rings is 2. The molecule has 4 rings (SSSR count). The molecule has 166 valence electrons. The average Bonchev–Trinajstić information content (AvgIpc) is 2.81. The summed E-state index contributed by atoms with van der Waals surface area (Å²) in [6, 6.07) is 19.4. The summed E-state index contributed by atoms with van der Waals surface area (Å²) < 4.78 is 5.70. The third-order valence-corrected chi connectivity index (χ3v) is 4.65. The van der Waals surface area contributed by atoms with Crippen molar-refractivity contribution < 1.29 is 19.4 Å². The largest absolute Gasteiger partial charge is 0.478 e. The van der Waals surface area contributed by atoms with Gasteiger partial charge >= 0.3 is 5.97 Å². The number of nitrogens with two attached hydrogens (primary N) is 1. The number of nitrogens with zero attached hydrogens (tertiary/aromatic N) is 2. The van der Waals surface area contributed by atoms with E-state index in [2.05, 4.69) is 9.97 Å². The molecule has 2 heterocycles. The minimum Gasteiger partial charge on any atom is -0.478 e. The molecule has 0 unspecified atom stereocenters. The number of aromatic carboxylic acids is 1. The number of carboxylic acid groups (broad SMARTS) is 1. The van der Waals surface area contributed by atoms with Gasteiger partial charge in [0.05, 0.1) is 10.6 Å². The summed E-state index contributed by atoms with van der Waals surface area (Å²) in [7, 11) is 0. The first kappa shape index (κ1) is 23.4. The highest BCUT2D eigenvalue weighted by molar-refractivity contribution is 6.30. The third kappa shape index (κ3) is 6.62. The van der Waals surface area contributed by atoms with E-state index >= 15 is 0 Å². The zero-order valence-corrected chi connectivity index (χ0v) is 18.4.